The summed E-state index contributed by atoms with van der Waals surface area (Å²) in [7, 11) is 1.89. The zero-order chi connectivity index (χ0) is 20.5. The molecule has 0 atom stereocenters. The van der Waals surface area contributed by atoms with E-state index in [4.69, 9.17) is 9.97 Å². The molecule has 2 aromatic carbocycles. The summed E-state index contributed by atoms with van der Waals surface area (Å²) >= 11 is 0. The molecule has 0 radical (unpaired) electrons. The first-order valence-corrected chi connectivity index (χ1v) is 9.95. The number of para-hydroxylation sites is 1. The van der Waals surface area contributed by atoms with Crippen molar-refractivity contribution in [2.45, 2.75) is 0 Å². The van der Waals surface area contributed by atoms with Gasteiger partial charge in [0.25, 0.3) is 0 Å². The highest BCUT2D eigenvalue weighted by Crippen LogP contribution is 2.27. The fourth-order valence-electron chi connectivity index (χ4n) is 3.72. The minimum absolute atomic E-state index is 0.214. The van der Waals surface area contributed by atoms with E-state index in [9.17, 15) is 4.39 Å². The van der Waals surface area contributed by atoms with Gasteiger partial charge in [-0.2, -0.15) is 15.1 Å². The van der Waals surface area contributed by atoms with Crippen LogP contribution in [0.4, 0.5) is 27.5 Å². The summed E-state index contributed by atoms with van der Waals surface area (Å²) in [4.78, 5) is 14.0. The Hall–Kier alpha value is -3.68. The third kappa shape index (κ3) is 3.52. The van der Waals surface area contributed by atoms with Gasteiger partial charge < -0.3 is 15.1 Å². The molecule has 1 fully saturated rings. The molecule has 1 aliphatic rings. The third-order valence-corrected chi connectivity index (χ3v) is 5.37. The molecule has 5 rings (SSSR count). The second-order valence-corrected chi connectivity index (χ2v) is 7.32. The van der Waals surface area contributed by atoms with Crippen molar-refractivity contribution < 1.29 is 4.39 Å². The number of nitrogens with zero attached hydrogens (tertiary/aromatic N) is 6. The van der Waals surface area contributed by atoms with Crippen molar-refractivity contribution in [2.75, 3.05) is 41.3 Å². The summed E-state index contributed by atoms with van der Waals surface area (Å²) < 4.78 is 15.0. The Bertz CT molecular complexity index is 1150. The zero-order valence-electron chi connectivity index (χ0n) is 16.7. The minimum atomic E-state index is -0.214. The zero-order valence-corrected chi connectivity index (χ0v) is 16.7. The number of hydrogen-bond acceptors (Lipinski definition) is 6. The second kappa shape index (κ2) is 7.62. The van der Waals surface area contributed by atoms with Crippen molar-refractivity contribution in [3.05, 3.63) is 66.6 Å². The molecule has 0 spiro atoms. The van der Waals surface area contributed by atoms with Gasteiger partial charge in [-0.05, 0) is 36.4 Å². The van der Waals surface area contributed by atoms with E-state index in [2.05, 4.69) is 20.2 Å². The summed E-state index contributed by atoms with van der Waals surface area (Å²) in [5.41, 5.74) is 2.79. The largest absolute Gasteiger partial charge is 0.368 e. The highest BCUT2D eigenvalue weighted by Gasteiger charge is 2.22. The molecule has 3 heterocycles. The van der Waals surface area contributed by atoms with Gasteiger partial charge in [0.1, 0.15) is 11.6 Å². The summed E-state index contributed by atoms with van der Waals surface area (Å²) in [5, 5.41) is 8.65. The monoisotopic (exact) mass is 403 g/mol. The summed E-state index contributed by atoms with van der Waals surface area (Å²) in [6.45, 7) is 3.21. The van der Waals surface area contributed by atoms with Crippen molar-refractivity contribution in [3.8, 4) is 0 Å². The molecule has 8 heteroatoms. The lowest BCUT2D eigenvalue weighted by molar-refractivity contribution is 0.623. The lowest BCUT2D eigenvalue weighted by Gasteiger charge is -2.36. The van der Waals surface area contributed by atoms with Crippen LogP contribution in [-0.2, 0) is 7.05 Å². The normalized spacial score (nSPS) is 14.3. The Labute approximate surface area is 173 Å². The van der Waals surface area contributed by atoms with Crippen molar-refractivity contribution in [3.63, 3.8) is 0 Å². The molecule has 1 N–H and O–H groups in total. The number of nitrogens with one attached hydrogen (secondary N) is 1. The van der Waals surface area contributed by atoms with Crippen molar-refractivity contribution >= 4 is 34.2 Å². The number of halogens is 1. The van der Waals surface area contributed by atoms with Gasteiger partial charge in [0.2, 0.25) is 5.95 Å². The van der Waals surface area contributed by atoms with Crippen LogP contribution in [0.2, 0.25) is 0 Å². The predicted molar refractivity (Wildman–Crippen MR) is 117 cm³/mol. The van der Waals surface area contributed by atoms with Gasteiger partial charge in [0.15, 0.2) is 5.65 Å². The molecule has 1 saturated heterocycles. The Balaban J connectivity index is 1.40. The van der Waals surface area contributed by atoms with Crippen LogP contribution in [0.1, 0.15) is 0 Å². The lowest BCUT2D eigenvalue weighted by Crippen LogP contribution is -2.47. The predicted octanol–water partition coefficient (Wildman–Crippen LogP) is 3.57. The number of anilines is 4. The highest BCUT2D eigenvalue weighted by atomic mass is 19.1. The highest BCUT2D eigenvalue weighted by molar-refractivity contribution is 5.89. The molecule has 2 aromatic heterocycles. The molecule has 152 valence electrons. The topological polar surface area (TPSA) is 62.1 Å². The molecule has 0 saturated carbocycles. The van der Waals surface area contributed by atoms with E-state index in [1.807, 2.05) is 49.5 Å². The van der Waals surface area contributed by atoms with Gasteiger partial charge in [-0.3, -0.25) is 4.68 Å². The molecule has 4 aromatic rings. The minimum Gasteiger partial charge on any atom is -0.368 e. The molecule has 7 nitrogen and oxygen atoms in total. The maximum Gasteiger partial charge on any atom is 0.229 e. The van der Waals surface area contributed by atoms with Crippen LogP contribution >= 0.6 is 0 Å². The van der Waals surface area contributed by atoms with Gasteiger partial charge in [0.05, 0.1) is 11.6 Å². The first-order valence-electron chi connectivity index (χ1n) is 9.95. The average Bonchev–Trinajstić information content (AvgIpc) is 3.16. The van der Waals surface area contributed by atoms with Gasteiger partial charge in [0, 0.05) is 44.6 Å². The van der Waals surface area contributed by atoms with Crippen LogP contribution in [0.3, 0.4) is 0 Å². The maximum atomic E-state index is 13.2. The molecule has 0 aliphatic carbocycles. The SMILES string of the molecule is Cn1ncc2c(Nc3ccccc3)nc(N3CCN(c4ccc(F)cc4)CC3)nc21. The standard InChI is InChI=1S/C22H22FN7/c1-28-21-19(15-24-28)20(25-17-5-3-2-4-6-17)26-22(27-21)30-13-11-29(12-14-30)18-9-7-16(23)8-10-18/h2-10,15H,11-14H2,1H3,(H,25,26,27). The number of rotatable bonds is 4. The van der Waals surface area contributed by atoms with Crippen LogP contribution in [0.5, 0.6) is 0 Å². The lowest BCUT2D eigenvalue weighted by atomic mass is 10.2. The molecule has 0 amide bonds. The summed E-state index contributed by atoms with van der Waals surface area (Å²) in [6.07, 6.45) is 1.79. The third-order valence-electron chi connectivity index (χ3n) is 5.37. The Morgan fingerprint density at radius 2 is 1.57 bits per heavy atom. The molecular formula is C22H22FN7. The molecule has 0 unspecified atom stereocenters. The fraction of sp³-hybridized carbons (Fsp3) is 0.227. The summed E-state index contributed by atoms with van der Waals surface area (Å²) in [5.74, 6) is 1.22. The van der Waals surface area contributed by atoms with Crippen molar-refractivity contribution in [1.82, 2.24) is 19.7 Å². The first-order chi connectivity index (χ1) is 14.7. The van der Waals surface area contributed by atoms with Crippen LogP contribution in [0, 0.1) is 5.82 Å². The van der Waals surface area contributed by atoms with Crippen molar-refractivity contribution in [2.24, 2.45) is 7.05 Å². The number of aromatic nitrogens is 4. The number of piperazine rings is 1. The van der Waals surface area contributed by atoms with E-state index < -0.39 is 0 Å². The fourth-order valence-corrected chi connectivity index (χ4v) is 3.72. The average molecular weight is 403 g/mol. The van der Waals surface area contributed by atoms with Crippen LogP contribution in [0.15, 0.2) is 60.8 Å². The quantitative estimate of drug-likeness (QED) is 0.562. The smallest absolute Gasteiger partial charge is 0.229 e. The number of aryl methyl sites for hydroxylation is 1. The van der Waals surface area contributed by atoms with Crippen molar-refractivity contribution in [1.29, 1.82) is 0 Å². The molecule has 1 aliphatic heterocycles. The van der Waals surface area contributed by atoms with E-state index in [1.54, 1.807) is 10.9 Å². The first kappa shape index (κ1) is 18.4. The van der Waals surface area contributed by atoms with Gasteiger partial charge >= 0.3 is 0 Å². The van der Waals surface area contributed by atoms with Crippen LogP contribution in [-0.4, -0.2) is 45.9 Å². The number of benzene rings is 2. The molecule has 30 heavy (non-hydrogen) atoms. The summed E-state index contributed by atoms with van der Waals surface area (Å²) in [6, 6.07) is 16.6. The van der Waals surface area contributed by atoms with Gasteiger partial charge in [-0.25, -0.2) is 4.39 Å². The van der Waals surface area contributed by atoms with E-state index in [-0.39, 0.29) is 5.82 Å². The van der Waals surface area contributed by atoms with E-state index in [1.165, 1.54) is 12.1 Å². The van der Waals surface area contributed by atoms with E-state index >= 15 is 0 Å². The van der Waals surface area contributed by atoms with Crippen LogP contribution < -0.4 is 15.1 Å². The Morgan fingerprint density at radius 1 is 0.867 bits per heavy atom. The number of fused-ring (bicyclic) bond motifs is 1. The Morgan fingerprint density at radius 3 is 2.30 bits per heavy atom. The van der Waals surface area contributed by atoms with Gasteiger partial charge in [-0.1, -0.05) is 18.2 Å². The molecular weight excluding hydrogens is 381 g/mol. The molecule has 0 bridgehead atoms. The maximum absolute atomic E-state index is 13.2. The van der Waals surface area contributed by atoms with Crippen LogP contribution in [0.25, 0.3) is 11.0 Å². The number of hydrogen-bond donors (Lipinski definition) is 1. The van der Waals surface area contributed by atoms with Gasteiger partial charge in [-0.15, -0.1) is 0 Å². The van der Waals surface area contributed by atoms with E-state index in [0.717, 1.165) is 54.4 Å². The Kier molecular flexibility index (Phi) is 4.66. The second-order valence-electron chi connectivity index (χ2n) is 7.32. The van der Waals surface area contributed by atoms with E-state index in [0.29, 0.717) is 5.95 Å².